The van der Waals surface area contributed by atoms with E-state index >= 15 is 0 Å². The standard InChI is InChI=1S/C28H23N3O3S/c1-17-14-21(18(2)30(17)22-13-12-19-8-4-5-9-20(19)15-22)16-23-26(32)29-28(35)31(27(23)33)24-10-6-7-11-25(24)34-3/h4-16H,1-3H3,(H,29,32,35)/b23-16+. The summed E-state index contributed by atoms with van der Waals surface area (Å²) in [5.74, 6) is -0.548. The van der Waals surface area contributed by atoms with Crippen molar-refractivity contribution >= 4 is 51.7 Å². The van der Waals surface area contributed by atoms with E-state index in [0.717, 1.165) is 33.4 Å². The molecule has 1 N–H and O–H groups in total. The van der Waals surface area contributed by atoms with Crippen LogP contribution in [0.3, 0.4) is 0 Å². The van der Waals surface area contributed by atoms with Crippen molar-refractivity contribution in [3.63, 3.8) is 0 Å². The number of amides is 2. The van der Waals surface area contributed by atoms with Gasteiger partial charge in [-0.25, -0.2) is 4.90 Å². The number of carbonyl (C=O) groups excluding carboxylic acids is 2. The fourth-order valence-electron chi connectivity index (χ4n) is 4.49. The molecule has 174 valence electrons. The molecule has 0 atom stereocenters. The lowest BCUT2D eigenvalue weighted by Gasteiger charge is -2.29. The molecule has 0 spiro atoms. The molecule has 1 aromatic heterocycles. The van der Waals surface area contributed by atoms with Gasteiger partial charge in [-0.05, 0) is 78.8 Å². The van der Waals surface area contributed by atoms with Crippen LogP contribution >= 0.6 is 12.2 Å². The number of methoxy groups -OCH3 is 1. The van der Waals surface area contributed by atoms with Crippen LogP contribution in [0, 0.1) is 13.8 Å². The summed E-state index contributed by atoms with van der Waals surface area (Å²) in [5.41, 5.74) is 4.18. The minimum absolute atomic E-state index is 0.00303. The number of thiocarbonyl (C=S) groups is 1. The summed E-state index contributed by atoms with van der Waals surface area (Å²) in [7, 11) is 1.52. The molecule has 0 unspecified atom stereocenters. The number of anilines is 1. The third-order valence-corrected chi connectivity index (χ3v) is 6.47. The van der Waals surface area contributed by atoms with E-state index in [1.54, 1.807) is 30.3 Å². The fourth-order valence-corrected chi connectivity index (χ4v) is 4.77. The number of aryl methyl sites for hydroxylation is 1. The summed E-state index contributed by atoms with van der Waals surface area (Å²) in [5, 5.41) is 4.96. The number of para-hydroxylation sites is 2. The number of carbonyl (C=O) groups is 2. The van der Waals surface area contributed by atoms with Gasteiger partial charge in [0.1, 0.15) is 11.3 Å². The van der Waals surface area contributed by atoms with Crippen molar-refractivity contribution < 1.29 is 14.3 Å². The molecule has 0 bridgehead atoms. The number of aromatic nitrogens is 1. The van der Waals surface area contributed by atoms with E-state index in [4.69, 9.17) is 17.0 Å². The zero-order valence-corrected chi connectivity index (χ0v) is 20.3. The molecule has 1 aliphatic heterocycles. The summed E-state index contributed by atoms with van der Waals surface area (Å²) in [6.45, 7) is 3.98. The second-order valence-corrected chi connectivity index (χ2v) is 8.71. The predicted octanol–water partition coefficient (Wildman–Crippen LogP) is 5.09. The van der Waals surface area contributed by atoms with Crippen LogP contribution in [0.2, 0.25) is 0 Å². The second kappa shape index (κ2) is 8.85. The van der Waals surface area contributed by atoms with Crippen LogP contribution in [0.25, 0.3) is 22.5 Å². The van der Waals surface area contributed by atoms with Crippen molar-refractivity contribution in [2.75, 3.05) is 12.0 Å². The molecule has 4 aromatic rings. The zero-order chi connectivity index (χ0) is 24.7. The maximum Gasteiger partial charge on any atom is 0.270 e. The van der Waals surface area contributed by atoms with Gasteiger partial charge in [-0.1, -0.05) is 42.5 Å². The number of ether oxygens (including phenoxy) is 1. The van der Waals surface area contributed by atoms with Gasteiger partial charge in [-0.2, -0.15) is 0 Å². The van der Waals surface area contributed by atoms with Gasteiger partial charge >= 0.3 is 0 Å². The molecule has 0 radical (unpaired) electrons. The van der Waals surface area contributed by atoms with Crippen molar-refractivity contribution in [3.05, 3.63) is 95.3 Å². The van der Waals surface area contributed by atoms with Crippen LogP contribution in [0.15, 0.2) is 78.4 Å². The summed E-state index contributed by atoms with van der Waals surface area (Å²) >= 11 is 5.33. The normalized spacial score (nSPS) is 15.1. The van der Waals surface area contributed by atoms with Gasteiger partial charge in [0.2, 0.25) is 0 Å². The molecular formula is C28H23N3O3S. The molecule has 0 saturated carbocycles. The quantitative estimate of drug-likeness (QED) is 0.251. The van der Waals surface area contributed by atoms with Gasteiger partial charge in [-0.3, -0.25) is 14.9 Å². The Morgan fingerprint density at radius 3 is 2.40 bits per heavy atom. The minimum atomic E-state index is -0.526. The number of benzene rings is 3. The Bertz CT molecular complexity index is 1550. The number of nitrogens with zero attached hydrogens (tertiary/aromatic N) is 2. The smallest absolute Gasteiger partial charge is 0.270 e. The van der Waals surface area contributed by atoms with Gasteiger partial charge in [0, 0.05) is 17.1 Å². The molecule has 2 heterocycles. The highest BCUT2D eigenvalue weighted by atomic mass is 32.1. The first-order chi connectivity index (χ1) is 16.9. The van der Waals surface area contributed by atoms with Gasteiger partial charge in [0.05, 0.1) is 12.8 Å². The van der Waals surface area contributed by atoms with Gasteiger partial charge in [-0.15, -0.1) is 0 Å². The lowest BCUT2D eigenvalue weighted by Crippen LogP contribution is -2.54. The third-order valence-electron chi connectivity index (χ3n) is 6.19. The monoisotopic (exact) mass is 481 g/mol. The first-order valence-corrected chi connectivity index (χ1v) is 11.5. The molecular weight excluding hydrogens is 458 g/mol. The van der Waals surface area contributed by atoms with Crippen LogP contribution in [0.1, 0.15) is 17.0 Å². The number of hydrogen-bond acceptors (Lipinski definition) is 4. The largest absolute Gasteiger partial charge is 0.495 e. The first kappa shape index (κ1) is 22.6. The Morgan fingerprint density at radius 2 is 1.63 bits per heavy atom. The number of fused-ring (bicyclic) bond motifs is 1. The van der Waals surface area contributed by atoms with Gasteiger partial charge < -0.3 is 9.30 Å². The van der Waals surface area contributed by atoms with E-state index in [9.17, 15) is 9.59 Å². The maximum absolute atomic E-state index is 13.5. The molecule has 7 heteroatoms. The number of nitrogens with one attached hydrogen (secondary N) is 1. The lowest BCUT2D eigenvalue weighted by molar-refractivity contribution is -0.122. The van der Waals surface area contributed by atoms with Crippen molar-refractivity contribution in [2.24, 2.45) is 0 Å². The highest BCUT2D eigenvalue weighted by molar-refractivity contribution is 7.80. The Labute approximate surface area is 208 Å². The molecule has 0 aliphatic carbocycles. The minimum Gasteiger partial charge on any atom is -0.495 e. The second-order valence-electron chi connectivity index (χ2n) is 8.32. The molecule has 1 fully saturated rings. The molecule has 1 aliphatic rings. The van der Waals surface area contributed by atoms with Crippen molar-refractivity contribution in [1.82, 2.24) is 9.88 Å². The average Bonchev–Trinajstić information content (AvgIpc) is 3.14. The zero-order valence-electron chi connectivity index (χ0n) is 19.5. The first-order valence-electron chi connectivity index (χ1n) is 11.1. The van der Waals surface area contributed by atoms with Crippen LogP contribution in [-0.2, 0) is 9.59 Å². The van der Waals surface area contributed by atoms with Gasteiger partial charge in [0.15, 0.2) is 5.11 Å². The van der Waals surface area contributed by atoms with Crippen molar-refractivity contribution in [1.29, 1.82) is 0 Å². The van der Waals surface area contributed by atoms with E-state index in [2.05, 4.69) is 40.2 Å². The van der Waals surface area contributed by atoms with Crippen LogP contribution in [0.5, 0.6) is 5.75 Å². The van der Waals surface area contributed by atoms with Crippen LogP contribution < -0.4 is 15.0 Å². The maximum atomic E-state index is 13.5. The molecule has 3 aromatic carbocycles. The highest BCUT2D eigenvalue weighted by Gasteiger charge is 2.36. The Kier molecular flexibility index (Phi) is 5.70. The predicted molar refractivity (Wildman–Crippen MR) is 142 cm³/mol. The van der Waals surface area contributed by atoms with Crippen molar-refractivity contribution in [2.45, 2.75) is 13.8 Å². The van der Waals surface area contributed by atoms with Crippen LogP contribution in [-0.4, -0.2) is 28.6 Å². The van der Waals surface area contributed by atoms with Gasteiger partial charge in [0.25, 0.3) is 11.8 Å². The van der Waals surface area contributed by atoms with Crippen LogP contribution in [0.4, 0.5) is 5.69 Å². The Morgan fingerprint density at radius 1 is 0.914 bits per heavy atom. The number of rotatable bonds is 4. The fraction of sp³-hybridized carbons (Fsp3) is 0.107. The lowest BCUT2D eigenvalue weighted by atomic mass is 10.1. The SMILES string of the molecule is COc1ccccc1N1C(=O)/C(=C/c2cc(C)n(-c3ccc4ccccc4c3)c2C)C(=O)NC1=S. The highest BCUT2D eigenvalue weighted by Crippen LogP contribution is 2.32. The third kappa shape index (κ3) is 3.90. The van der Waals surface area contributed by atoms with E-state index < -0.39 is 11.8 Å². The average molecular weight is 482 g/mol. The molecule has 6 nitrogen and oxygen atoms in total. The topological polar surface area (TPSA) is 63.6 Å². The Balaban J connectivity index is 1.57. The van der Waals surface area contributed by atoms with Crippen molar-refractivity contribution in [3.8, 4) is 11.4 Å². The van der Waals surface area contributed by atoms with E-state index in [0.29, 0.717) is 11.4 Å². The summed E-state index contributed by atoms with van der Waals surface area (Å²) in [6, 6.07) is 23.5. The molecule has 35 heavy (non-hydrogen) atoms. The molecule has 5 rings (SSSR count). The van der Waals surface area contributed by atoms with E-state index in [1.807, 2.05) is 32.0 Å². The summed E-state index contributed by atoms with van der Waals surface area (Å²) in [4.78, 5) is 27.6. The van der Waals surface area contributed by atoms with E-state index in [1.165, 1.54) is 12.0 Å². The molecule has 2 amide bonds. The summed E-state index contributed by atoms with van der Waals surface area (Å²) in [6.07, 6.45) is 1.63. The summed E-state index contributed by atoms with van der Waals surface area (Å²) < 4.78 is 7.52. The number of hydrogen-bond donors (Lipinski definition) is 1. The Hall–Kier alpha value is -4.23. The molecule has 1 saturated heterocycles. The van der Waals surface area contributed by atoms with E-state index in [-0.39, 0.29) is 10.7 Å².